The molecule has 0 aromatic carbocycles. The highest BCUT2D eigenvalue weighted by molar-refractivity contribution is 5.78. The lowest BCUT2D eigenvalue weighted by Gasteiger charge is -2.23. The van der Waals surface area contributed by atoms with Crippen molar-refractivity contribution in [2.45, 2.75) is 19.1 Å². The molecule has 0 atom stereocenters. The summed E-state index contributed by atoms with van der Waals surface area (Å²) < 4.78 is 35.5. The lowest BCUT2D eigenvalue weighted by atomic mass is 10.2. The molecule has 0 aromatic rings. The summed E-state index contributed by atoms with van der Waals surface area (Å²) in [6.45, 7) is 0. The molecule has 1 heterocycles. The standard InChI is InChI=1S/C6H6F3NO/c7-6(8,9)10-4-2-1-3-5(10)11/h2,4H,1,3H2. The van der Waals surface area contributed by atoms with Gasteiger partial charge in [-0.1, -0.05) is 6.08 Å². The molecule has 5 heteroatoms. The lowest BCUT2D eigenvalue weighted by molar-refractivity contribution is -0.226. The van der Waals surface area contributed by atoms with Gasteiger partial charge in [-0.3, -0.25) is 4.79 Å². The maximum Gasteiger partial charge on any atom is 0.491 e. The summed E-state index contributed by atoms with van der Waals surface area (Å²) in [6.07, 6.45) is -2.13. The summed E-state index contributed by atoms with van der Waals surface area (Å²) in [5, 5.41) is 0. The summed E-state index contributed by atoms with van der Waals surface area (Å²) in [7, 11) is 0. The van der Waals surface area contributed by atoms with E-state index in [1.807, 2.05) is 0 Å². The molecule has 0 unspecified atom stereocenters. The second-order valence-electron chi connectivity index (χ2n) is 2.16. The Morgan fingerprint density at radius 3 is 2.45 bits per heavy atom. The zero-order valence-electron chi connectivity index (χ0n) is 5.56. The molecule has 0 N–H and O–H groups in total. The van der Waals surface area contributed by atoms with Gasteiger partial charge in [0.25, 0.3) is 0 Å². The quantitative estimate of drug-likeness (QED) is 0.499. The van der Waals surface area contributed by atoms with Crippen LogP contribution < -0.4 is 0 Å². The van der Waals surface area contributed by atoms with Crippen molar-refractivity contribution in [3.63, 3.8) is 0 Å². The van der Waals surface area contributed by atoms with Crippen LogP contribution in [0.2, 0.25) is 0 Å². The van der Waals surface area contributed by atoms with Gasteiger partial charge in [0.1, 0.15) is 0 Å². The monoisotopic (exact) mass is 165 g/mol. The Labute approximate surface area is 61.3 Å². The summed E-state index contributed by atoms with van der Waals surface area (Å²) in [5.74, 6) is -0.889. The highest BCUT2D eigenvalue weighted by atomic mass is 19.4. The van der Waals surface area contributed by atoms with E-state index in [0.717, 1.165) is 6.20 Å². The van der Waals surface area contributed by atoms with E-state index in [4.69, 9.17) is 0 Å². The zero-order valence-corrected chi connectivity index (χ0v) is 5.56. The van der Waals surface area contributed by atoms with E-state index in [1.54, 1.807) is 0 Å². The minimum absolute atomic E-state index is 0.0595. The van der Waals surface area contributed by atoms with E-state index in [0.29, 0.717) is 6.42 Å². The van der Waals surface area contributed by atoms with Gasteiger partial charge in [-0.15, -0.1) is 13.2 Å². The summed E-state index contributed by atoms with van der Waals surface area (Å²) in [5.41, 5.74) is 0. The van der Waals surface area contributed by atoms with E-state index in [-0.39, 0.29) is 11.3 Å². The van der Waals surface area contributed by atoms with Gasteiger partial charge in [-0.05, 0) is 6.42 Å². The number of amides is 1. The number of alkyl halides is 3. The van der Waals surface area contributed by atoms with Crippen LogP contribution in [0.1, 0.15) is 12.8 Å². The first-order valence-corrected chi connectivity index (χ1v) is 3.07. The third-order valence-electron chi connectivity index (χ3n) is 1.32. The molecular formula is C6H6F3NO. The maximum absolute atomic E-state index is 11.8. The fourth-order valence-corrected chi connectivity index (χ4v) is 0.816. The van der Waals surface area contributed by atoms with Gasteiger partial charge in [0.15, 0.2) is 0 Å². The lowest BCUT2D eigenvalue weighted by Crippen LogP contribution is -2.39. The second kappa shape index (κ2) is 2.56. The molecule has 0 saturated heterocycles. The van der Waals surface area contributed by atoms with Crippen LogP contribution in [0.5, 0.6) is 0 Å². The van der Waals surface area contributed by atoms with Crippen molar-refractivity contribution < 1.29 is 18.0 Å². The van der Waals surface area contributed by atoms with Gasteiger partial charge in [-0.25, -0.2) is 4.90 Å². The molecule has 1 aliphatic rings. The number of carbonyl (C=O) groups excluding carboxylic acids is 1. The zero-order chi connectivity index (χ0) is 8.48. The SMILES string of the molecule is O=C1CCC=CN1C(F)(F)F. The van der Waals surface area contributed by atoms with Crippen LogP contribution in [0.25, 0.3) is 0 Å². The van der Waals surface area contributed by atoms with Crippen molar-refractivity contribution in [2.75, 3.05) is 0 Å². The smallest absolute Gasteiger partial charge is 0.274 e. The highest BCUT2D eigenvalue weighted by Crippen LogP contribution is 2.24. The second-order valence-corrected chi connectivity index (χ2v) is 2.16. The van der Waals surface area contributed by atoms with Gasteiger partial charge in [0.2, 0.25) is 5.91 Å². The maximum atomic E-state index is 11.8. The molecule has 1 amide bonds. The Bertz CT molecular complexity index is 196. The number of hydrogen-bond donors (Lipinski definition) is 0. The molecule has 0 spiro atoms. The molecule has 0 fully saturated rings. The molecule has 0 bridgehead atoms. The Hall–Kier alpha value is -1.00. The van der Waals surface area contributed by atoms with Crippen LogP contribution in [0, 0.1) is 0 Å². The topological polar surface area (TPSA) is 20.3 Å². The van der Waals surface area contributed by atoms with Crippen LogP contribution in [-0.4, -0.2) is 17.1 Å². The largest absolute Gasteiger partial charge is 0.491 e. The molecule has 0 saturated carbocycles. The summed E-state index contributed by atoms with van der Waals surface area (Å²) in [6, 6.07) is 0. The predicted molar refractivity (Wildman–Crippen MR) is 31.3 cm³/mol. The molecular weight excluding hydrogens is 159 g/mol. The van der Waals surface area contributed by atoms with E-state index >= 15 is 0 Å². The van der Waals surface area contributed by atoms with Gasteiger partial charge < -0.3 is 0 Å². The van der Waals surface area contributed by atoms with Crippen LogP contribution >= 0.6 is 0 Å². The normalized spacial score (nSPS) is 19.2. The average Bonchev–Trinajstić information content (AvgIpc) is 1.86. The first-order valence-electron chi connectivity index (χ1n) is 3.07. The first kappa shape index (κ1) is 8.10. The van der Waals surface area contributed by atoms with Crippen molar-refractivity contribution in [1.82, 2.24) is 4.90 Å². The molecule has 0 aromatic heterocycles. The van der Waals surface area contributed by atoms with Gasteiger partial charge in [0.05, 0.1) is 0 Å². The van der Waals surface area contributed by atoms with Crippen molar-refractivity contribution in [2.24, 2.45) is 0 Å². The van der Waals surface area contributed by atoms with Crippen LogP contribution in [0.15, 0.2) is 12.3 Å². The molecule has 0 aliphatic carbocycles. The van der Waals surface area contributed by atoms with E-state index in [1.165, 1.54) is 6.08 Å². The van der Waals surface area contributed by atoms with Crippen molar-refractivity contribution in [3.05, 3.63) is 12.3 Å². The molecule has 0 radical (unpaired) electrons. The average molecular weight is 165 g/mol. The Balaban J connectivity index is 2.77. The Morgan fingerprint density at radius 1 is 1.45 bits per heavy atom. The summed E-state index contributed by atoms with van der Waals surface area (Å²) in [4.78, 5) is 10.4. The molecule has 1 rings (SSSR count). The molecule has 62 valence electrons. The van der Waals surface area contributed by atoms with E-state index in [2.05, 4.69) is 0 Å². The fraction of sp³-hybridized carbons (Fsp3) is 0.500. The minimum atomic E-state index is -4.56. The number of halogens is 3. The van der Waals surface area contributed by atoms with E-state index in [9.17, 15) is 18.0 Å². The fourth-order valence-electron chi connectivity index (χ4n) is 0.816. The van der Waals surface area contributed by atoms with Crippen LogP contribution in [-0.2, 0) is 4.79 Å². The van der Waals surface area contributed by atoms with Gasteiger partial charge in [0, 0.05) is 12.6 Å². The van der Waals surface area contributed by atoms with Crippen molar-refractivity contribution >= 4 is 5.91 Å². The predicted octanol–water partition coefficient (Wildman–Crippen LogP) is 1.64. The first-order chi connectivity index (χ1) is 5.02. The van der Waals surface area contributed by atoms with Gasteiger partial charge in [-0.2, -0.15) is 0 Å². The van der Waals surface area contributed by atoms with Crippen LogP contribution in [0.3, 0.4) is 0 Å². The number of nitrogens with zero attached hydrogens (tertiary/aromatic N) is 1. The Morgan fingerprint density at radius 2 is 2.09 bits per heavy atom. The molecule has 11 heavy (non-hydrogen) atoms. The van der Waals surface area contributed by atoms with E-state index < -0.39 is 12.2 Å². The van der Waals surface area contributed by atoms with Gasteiger partial charge >= 0.3 is 6.30 Å². The third-order valence-corrected chi connectivity index (χ3v) is 1.32. The number of hydrogen-bond acceptors (Lipinski definition) is 1. The number of carbonyl (C=O) groups is 1. The third kappa shape index (κ3) is 1.72. The molecule has 2 nitrogen and oxygen atoms in total. The Kier molecular flexibility index (Phi) is 1.89. The highest BCUT2D eigenvalue weighted by Gasteiger charge is 2.39. The molecule has 1 aliphatic heterocycles. The number of allylic oxidation sites excluding steroid dienone is 1. The minimum Gasteiger partial charge on any atom is -0.274 e. The summed E-state index contributed by atoms with van der Waals surface area (Å²) >= 11 is 0. The van der Waals surface area contributed by atoms with Crippen molar-refractivity contribution in [1.29, 1.82) is 0 Å². The van der Waals surface area contributed by atoms with Crippen LogP contribution in [0.4, 0.5) is 13.2 Å². The van der Waals surface area contributed by atoms with Crippen molar-refractivity contribution in [3.8, 4) is 0 Å². The number of rotatable bonds is 0.